The van der Waals surface area contributed by atoms with E-state index in [9.17, 15) is 9.59 Å². The Morgan fingerprint density at radius 1 is 1.16 bits per heavy atom. The van der Waals surface area contributed by atoms with Crippen LogP contribution >= 0.6 is 0 Å². The number of rotatable bonds is 4. The van der Waals surface area contributed by atoms with Crippen LogP contribution in [0, 0.1) is 11.8 Å². The summed E-state index contributed by atoms with van der Waals surface area (Å²) < 4.78 is 13.6. The minimum absolute atomic E-state index is 0.0143. The molecule has 168 valence electrons. The van der Waals surface area contributed by atoms with Crippen molar-refractivity contribution in [2.24, 2.45) is 11.8 Å². The molecular weight excluding hydrogens is 398 g/mol. The van der Waals surface area contributed by atoms with E-state index in [-0.39, 0.29) is 23.7 Å². The first-order valence-electron chi connectivity index (χ1n) is 11.5. The van der Waals surface area contributed by atoms with Gasteiger partial charge in [0.1, 0.15) is 11.3 Å². The fourth-order valence-electron chi connectivity index (χ4n) is 5.22. The first kappa shape index (κ1) is 20.6. The second-order valence-corrected chi connectivity index (χ2v) is 9.22. The van der Waals surface area contributed by atoms with Crippen LogP contribution in [-0.4, -0.2) is 63.6 Å². The van der Waals surface area contributed by atoms with Gasteiger partial charge in [-0.25, -0.2) is 4.68 Å². The van der Waals surface area contributed by atoms with Gasteiger partial charge in [-0.3, -0.25) is 9.59 Å². The fourth-order valence-corrected chi connectivity index (χ4v) is 5.22. The number of piperidine rings is 1. The Hall–Kier alpha value is -2.26. The number of aromatic nitrogens is 3. The summed E-state index contributed by atoms with van der Waals surface area (Å²) in [7, 11) is 0. The zero-order valence-corrected chi connectivity index (χ0v) is 17.9. The normalized spacial score (nSPS) is 26.9. The summed E-state index contributed by atoms with van der Waals surface area (Å²) >= 11 is 0. The van der Waals surface area contributed by atoms with Crippen molar-refractivity contribution in [1.82, 2.24) is 25.2 Å². The molecular formula is C22H31N5O4. The lowest BCUT2D eigenvalue weighted by atomic mass is 9.90. The lowest BCUT2D eigenvalue weighted by Gasteiger charge is -2.45. The van der Waals surface area contributed by atoms with Crippen LogP contribution in [0.25, 0.3) is 0 Å². The largest absolute Gasteiger partial charge is 0.381 e. The third-order valence-corrected chi connectivity index (χ3v) is 7.10. The molecule has 2 saturated heterocycles. The molecule has 2 amide bonds. The quantitative estimate of drug-likeness (QED) is 0.722. The van der Waals surface area contributed by atoms with E-state index in [1.807, 2.05) is 9.58 Å². The number of likely N-dealkylation sites (tertiary alicyclic amines) is 1. The first-order chi connectivity index (χ1) is 15.1. The van der Waals surface area contributed by atoms with E-state index < -0.39 is 5.60 Å². The van der Waals surface area contributed by atoms with Gasteiger partial charge in [0.2, 0.25) is 11.8 Å². The highest BCUT2D eigenvalue weighted by atomic mass is 16.5. The summed E-state index contributed by atoms with van der Waals surface area (Å²) in [6, 6.07) is 0. The van der Waals surface area contributed by atoms with Crippen molar-refractivity contribution < 1.29 is 19.1 Å². The van der Waals surface area contributed by atoms with E-state index in [1.54, 1.807) is 0 Å². The monoisotopic (exact) mass is 429 g/mol. The minimum Gasteiger partial charge on any atom is -0.381 e. The summed E-state index contributed by atoms with van der Waals surface area (Å²) in [5.41, 5.74) is 1.28. The highest BCUT2D eigenvalue weighted by Gasteiger charge is 2.43. The molecule has 0 radical (unpaired) electrons. The highest BCUT2D eigenvalue weighted by Crippen LogP contribution is 2.34. The maximum atomic E-state index is 12.9. The van der Waals surface area contributed by atoms with Crippen molar-refractivity contribution in [3.05, 3.63) is 23.5 Å². The molecule has 1 atom stereocenters. The Kier molecular flexibility index (Phi) is 5.79. The van der Waals surface area contributed by atoms with Crippen molar-refractivity contribution in [2.45, 2.75) is 63.8 Å². The Morgan fingerprint density at radius 3 is 2.77 bits per heavy atom. The summed E-state index contributed by atoms with van der Waals surface area (Å²) in [6.45, 7) is 4.06. The SMILES string of the molecule is O=C(NCc1nnn2c1COC1(CCCN(C(=O)C3CC=CC3)C1)C2)C1CCOCC1. The second kappa shape index (κ2) is 8.70. The average molecular weight is 430 g/mol. The molecule has 4 aliphatic rings. The van der Waals surface area contributed by atoms with Crippen LogP contribution in [0.5, 0.6) is 0 Å². The molecule has 2 fully saturated rings. The highest BCUT2D eigenvalue weighted by molar-refractivity contribution is 5.80. The van der Waals surface area contributed by atoms with Crippen LogP contribution in [0.4, 0.5) is 0 Å². The number of carbonyl (C=O) groups excluding carboxylic acids is 2. The van der Waals surface area contributed by atoms with Crippen LogP contribution in [0.2, 0.25) is 0 Å². The third kappa shape index (κ3) is 4.25. The van der Waals surface area contributed by atoms with E-state index in [4.69, 9.17) is 9.47 Å². The number of carbonyl (C=O) groups is 2. The lowest BCUT2D eigenvalue weighted by Crippen LogP contribution is -2.56. The number of nitrogens with zero attached hydrogens (tertiary/aromatic N) is 4. The van der Waals surface area contributed by atoms with E-state index in [2.05, 4.69) is 27.8 Å². The van der Waals surface area contributed by atoms with Crippen molar-refractivity contribution in [3.63, 3.8) is 0 Å². The minimum atomic E-state index is -0.400. The maximum Gasteiger partial charge on any atom is 0.226 e. The van der Waals surface area contributed by atoms with Crippen LogP contribution in [0.15, 0.2) is 12.2 Å². The molecule has 3 aliphatic heterocycles. The molecule has 5 rings (SSSR count). The molecule has 0 saturated carbocycles. The van der Waals surface area contributed by atoms with Gasteiger partial charge in [0.05, 0.1) is 31.9 Å². The number of ether oxygens (including phenoxy) is 2. The van der Waals surface area contributed by atoms with Gasteiger partial charge in [-0.2, -0.15) is 0 Å². The molecule has 1 unspecified atom stereocenters. The lowest BCUT2D eigenvalue weighted by molar-refractivity contribution is -0.156. The van der Waals surface area contributed by atoms with E-state index in [0.29, 0.717) is 39.5 Å². The van der Waals surface area contributed by atoms with Crippen LogP contribution < -0.4 is 5.32 Å². The van der Waals surface area contributed by atoms with E-state index in [0.717, 1.165) is 56.5 Å². The predicted octanol–water partition coefficient (Wildman–Crippen LogP) is 1.18. The summed E-state index contributed by atoms with van der Waals surface area (Å²) in [5.74, 6) is 0.404. The Morgan fingerprint density at radius 2 is 1.97 bits per heavy atom. The fraction of sp³-hybridized carbons (Fsp3) is 0.727. The zero-order valence-electron chi connectivity index (χ0n) is 17.9. The number of nitrogens with one attached hydrogen (secondary N) is 1. The molecule has 31 heavy (non-hydrogen) atoms. The maximum absolute atomic E-state index is 12.9. The summed E-state index contributed by atoms with van der Waals surface area (Å²) in [6.07, 6.45) is 9.27. The number of hydrogen-bond acceptors (Lipinski definition) is 6. The average Bonchev–Trinajstić information content (AvgIpc) is 3.47. The molecule has 4 heterocycles. The van der Waals surface area contributed by atoms with Gasteiger partial charge in [-0.1, -0.05) is 17.4 Å². The molecule has 0 aromatic carbocycles. The summed E-state index contributed by atoms with van der Waals surface area (Å²) in [5, 5.41) is 11.7. The van der Waals surface area contributed by atoms with E-state index >= 15 is 0 Å². The third-order valence-electron chi connectivity index (χ3n) is 7.10. The number of fused-ring (bicyclic) bond motifs is 1. The van der Waals surface area contributed by atoms with Gasteiger partial charge in [0.25, 0.3) is 0 Å². The Bertz CT molecular complexity index is 854. The van der Waals surface area contributed by atoms with E-state index in [1.165, 1.54) is 0 Å². The first-order valence-corrected chi connectivity index (χ1v) is 11.5. The van der Waals surface area contributed by atoms with Gasteiger partial charge in [-0.05, 0) is 38.5 Å². The summed E-state index contributed by atoms with van der Waals surface area (Å²) in [4.78, 5) is 27.3. The smallest absolute Gasteiger partial charge is 0.226 e. The second-order valence-electron chi connectivity index (χ2n) is 9.22. The molecule has 0 bridgehead atoms. The zero-order chi connectivity index (χ0) is 21.3. The number of allylic oxidation sites excluding steroid dienone is 2. The molecule has 1 spiro atoms. The predicted molar refractivity (Wildman–Crippen MR) is 111 cm³/mol. The Labute approximate surface area is 182 Å². The molecule has 1 aliphatic carbocycles. The van der Waals surface area contributed by atoms with Crippen molar-refractivity contribution in [3.8, 4) is 0 Å². The van der Waals surface area contributed by atoms with Crippen LogP contribution in [0.3, 0.4) is 0 Å². The van der Waals surface area contributed by atoms with Crippen LogP contribution in [0.1, 0.15) is 49.9 Å². The van der Waals surface area contributed by atoms with Crippen molar-refractivity contribution in [2.75, 3.05) is 26.3 Å². The Balaban J connectivity index is 1.20. The van der Waals surface area contributed by atoms with Crippen molar-refractivity contribution in [1.29, 1.82) is 0 Å². The number of hydrogen-bond donors (Lipinski definition) is 1. The van der Waals surface area contributed by atoms with Gasteiger partial charge < -0.3 is 19.7 Å². The van der Waals surface area contributed by atoms with Crippen LogP contribution in [-0.2, 0) is 38.8 Å². The van der Waals surface area contributed by atoms with Gasteiger partial charge in [0.15, 0.2) is 0 Å². The molecule has 1 aromatic rings. The topological polar surface area (TPSA) is 98.6 Å². The number of amides is 2. The molecule has 1 aromatic heterocycles. The van der Waals surface area contributed by atoms with Gasteiger partial charge >= 0.3 is 0 Å². The van der Waals surface area contributed by atoms with Gasteiger partial charge in [-0.15, -0.1) is 5.10 Å². The van der Waals surface area contributed by atoms with Gasteiger partial charge in [0, 0.05) is 31.6 Å². The molecule has 9 heteroatoms. The molecule has 9 nitrogen and oxygen atoms in total. The standard InChI is InChI=1S/C22H31N5O4/c28-20(16-6-10-30-11-7-16)23-12-18-19-13-31-22(15-27(19)25-24-18)8-3-9-26(14-22)21(29)17-4-1-2-5-17/h1-2,16-17H,3-15H2,(H,23,28). The molecule has 1 N–H and O–H groups in total. The van der Waals surface area contributed by atoms with Crippen molar-refractivity contribution >= 4 is 11.8 Å².